The monoisotopic (exact) mass is 794 g/mol. The van der Waals surface area contributed by atoms with E-state index in [0.717, 1.165) is 103 Å². The molecule has 1 saturated heterocycles. The quantitative estimate of drug-likeness (QED) is 0.0451. The Hall–Kier alpha value is -1.18. The van der Waals surface area contributed by atoms with Crippen molar-refractivity contribution < 1.29 is 28.5 Å². The predicted molar refractivity (Wildman–Crippen MR) is 236 cm³/mol. The van der Waals surface area contributed by atoms with Gasteiger partial charge in [0, 0.05) is 32.2 Å². The van der Waals surface area contributed by atoms with Gasteiger partial charge in [0.15, 0.2) is 5.79 Å². The Labute approximate surface area is 348 Å². The maximum Gasteiger partial charge on any atom is 0.305 e. The van der Waals surface area contributed by atoms with E-state index in [1.54, 1.807) is 0 Å². The molecular formula is C49H95NO6. The van der Waals surface area contributed by atoms with Gasteiger partial charge < -0.3 is 23.8 Å². The van der Waals surface area contributed by atoms with Gasteiger partial charge in [-0.25, -0.2) is 0 Å². The average molecular weight is 794 g/mol. The number of hydrogen-bond donors (Lipinski definition) is 0. The number of rotatable bonds is 41. The van der Waals surface area contributed by atoms with Gasteiger partial charge in [-0.05, 0) is 70.9 Å². The van der Waals surface area contributed by atoms with Gasteiger partial charge in [0.2, 0.25) is 0 Å². The Kier molecular flexibility index (Phi) is 34.8. The molecule has 0 radical (unpaired) electrons. The molecule has 0 aromatic heterocycles. The predicted octanol–water partition coefficient (Wildman–Crippen LogP) is 13.9. The van der Waals surface area contributed by atoms with Gasteiger partial charge >= 0.3 is 11.9 Å². The SMILES string of the molecule is CCCCCC(CCCCC)CCOC(=O)CCCCCCCC1(CCCCCCCC(=O)OCCC(CCCCC)CCCCC)OC[C@H](CCN(C)C)O1. The van der Waals surface area contributed by atoms with Crippen molar-refractivity contribution in [2.75, 3.05) is 40.5 Å². The highest BCUT2D eigenvalue weighted by molar-refractivity contribution is 5.69. The summed E-state index contributed by atoms with van der Waals surface area (Å²) in [6, 6.07) is 0. The number of ether oxygens (including phenoxy) is 4. The normalized spacial score (nSPS) is 15.4. The van der Waals surface area contributed by atoms with Crippen molar-refractivity contribution in [3.8, 4) is 0 Å². The fourth-order valence-electron chi connectivity index (χ4n) is 8.36. The van der Waals surface area contributed by atoms with Gasteiger partial charge in [-0.15, -0.1) is 0 Å². The second-order valence-corrected chi connectivity index (χ2v) is 17.8. The van der Waals surface area contributed by atoms with E-state index < -0.39 is 5.79 Å². The lowest BCUT2D eigenvalue weighted by Gasteiger charge is -2.29. The molecule has 1 fully saturated rings. The zero-order valence-corrected chi connectivity index (χ0v) is 38.3. The van der Waals surface area contributed by atoms with Gasteiger partial charge in [0.1, 0.15) is 0 Å². The molecule has 7 heteroatoms. The minimum atomic E-state index is -0.458. The number of unbranched alkanes of at least 4 members (excludes halogenated alkanes) is 16. The molecule has 7 nitrogen and oxygen atoms in total. The highest BCUT2D eigenvalue weighted by atomic mass is 16.7. The number of carbonyl (C=O) groups is 2. The first-order valence-electron chi connectivity index (χ1n) is 24.5. The summed E-state index contributed by atoms with van der Waals surface area (Å²) in [4.78, 5) is 27.1. The molecule has 1 aliphatic rings. The zero-order valence-electron chi connectivity index (χ0n) is 38.3. The van der Waals surface area contributed by atoms with Crippen molar-refractivity contribution in [2.24, 2.45) is 11.8 Å². The van der Waals surface area contributed by atoms with E-state index in [9.17, 15) is 9.59 Å². The minimum Gasteiger partial charge on any atom is -0.466 e. The summed E-state index contributed by atoms with van der Waals surface area (Å²) < 4.78 is 24.5. The largest absolute Gasteiger partial charge is 0.466 e. The highest BCUT2D eigenvalue weighted by Gasteiger charge is 2.40. The highest BCUT2D eigenvalue weighted by Crippen LogP contribution is 2.36. The molecule has 1 atom stereocenters. The Morgan fingerprint density at radius 1 is 0.554 bits per heavy atom. The third-order valence-corrected chi connectivity index (χ3v) is 12.1. The third kappa shape index (κ3) is 29.9. The van der Waals surface area contributed by atoms with Crippen molar-refractivity contribution in [1.82, 2.24) is 4.90 Å². The molecule has 0 aromatic carbocycles. The zero-order chi connectivity index (χ0) is 41.0. The van der Waals surface area contributed by atoms with E-state index in [1.807, 2.05) is 0 Å². The van der Waals surface area contributed by atoms with Crippen molar-refractivity contribution in [3.05, 3.63) is 0 Å². The fourth-order valence-corrected chi connectivity index (χ4v) is 8.36. The van der Waals surface area contributed by atoms with Gasteiger partial charge in [-0.2, -0.15) is 0 Å². The Bertz CT molecular complexity index is 820. The van der Waals surface area contributed by atoms with E-state index in [-0.39, 0.29) is 18.0 Å². The van der Waals surface area contributed by atoms with Crippen LogP contribution in [0.4, 0.5) is 0 Å². The first-order valence-corrected chi connectivity index (χ1v) is 24.5. The molecule has 0 aliphatic carbocycles. The smallest absolute Gasteiger partial charge is 0.305 e. The minimum absolute atomic E-state index is 0.0176. The van der Waals surface area contributed by atoms with Gasteiger partial charge in [-0.1, -0.05) is 169 Å². The third-order valence-electron chi connectivity index (χ3n) is 12.1. The van der Waals surface area contributed by atoms with Gasteiger partial charge in [0.25, 0.3) is 0 Å². The summed E-state index contributed by atoms with van der Waals surface area (Å²) in [6.45, 7) is 11.9. The molecule has 0 amide bonds. The van der Waals surface area contributed by atoms with E-state index in [4.69, 9.17) is 18.9 Å². The van der Waals surface area contributed by atoms with Crippen LogP contribution < -0.4 is 0 Å². The summed E-state index contributed by atoms with van der Waals surface area (Å²) in [7, 11) is 4.23. The van der Waals surface area contributed by atoms with Crippen LogP contribution in [0.25, 0.3) is 0 Å². The summed E-state index contributed by atoms with van der Waals surface area (Å²) in [5.74, 6) is 0.915. The van der Waals surface area contributed by atoms with Crippen LogP contribution in [0.1, 0.15) is 240 Å². The van der Waals surface area contributed by atoms with Crippen LogP contribution in [0.2, 0.25) is 0 Å². The standard InChI is InChI=1S/C49H95NO6/c1-7-11-21-29-44(30-22-12-8-2)36-41-53-47(51)33-25-17-15-19-27-38-49(55-43-46(56-49)35-40-50(5)6)39-28-20-16-18-26-34-48(52)54-42-37-45(31-23-13-9-3)32-24-14-10-4/h44-46H,7-43H2,1-6H3/t46-/m0/s1. The molecule has 332 valence electrons. The van der Waals surface area contributed by atoms with Crippen LogP contribution in [0, 0.1) is 11.8 Å². The van der Waals surface area contributed by atoms with Gasteiger partial charge in [0.05, 0.1) is 25.9 Å². The van der Waals surface area contributed by atoms with Crippen LogP contribution in [-0.2, 0) is 28.5 Å². The molecule has 0 aromatic rings. The number of carbonyl (C=O) groups excluding carboxylic acids is 2. The van der Waals surface area contributed by atoms with E-state index >= 15 is 0 Å². The lowest BCUT2D eigenvalue weighted by Crippen LogP contribution is -2.31. The van der Waals surface area contributed by atoms with Gasteiger partial charge in [-0.3, -0.25) is 9.59 Å². The lowest BCUT2D eigenvalue weighted by atomic mass is 9.92. The fraction of sp³-hybridized carbons (Fsp3) is 0.959. The summed E-state index contributed by atoms with van der Waals surface area (Å²) in [5, 5.41) is 0. The second kappa shape index (κ2) is 36.9. The average Bonchev–Trinajstić information content (AvgIpc) is 3.59. The summed E-state index contributed by atoms with van der Waals surface area (Å²) in [5.41, 5.74) is 0. The van der Waals surface area contributed by atoms with Crippen LogP contribution in [0.15, 0.2) is 0 Å². The Balaban J connectivity index is 2.30. The van der Waals surface area contributed by atoms with E-state index in [2.05, 4.69) is 46.7 Å². The molecule has 1 heterocycles. The van der Waals surface area contributed by atoms with E-state index in [0.29, 0.717) is 44.5 Å². The topological polar surface area (TPSA) is 74.3 Å². The van der Waals surface area contributed by atoms with Crippen LogP contribution in [0.3, 0.4) is 0 Å². The number of nitrogens with zero attached hydrogens (tertiary/aromatic N) is 1. The van der Waals surface area contributed by atoms with Crippen molar-refractivity contribution in [1.29, 1.82) is 0 Å². The van der Waals surface area contributed by atoms with Crippen molar-refractivity contribution in [3.63, 3.8) is 0 Å². The van der Waals surface area contributed by atoms with Crippen LogP contribution >= 0.6 is 0 Å². The summed E-state index contributed by atoms with van der Waals surface area (Å²) in [6.07, 6.45) is 37.5. The maximum absolute atomic E-state index is 12.4. The summed E-state index contributed by atoms with van der Waals surface area (Å²) >= 11 is 0. The molecule has 0 spiro atoms. The Morgan fingerprint density at radius 3 is 1.34 bits per heavy atom. The Morgan fingerprint density at radius 2 is 0.946 bits per heavy atom. The molecule has 0 N–H and O–H groups in total. The van der Waals surface area contributed by atoms with Crippen molar-refractivity contribution >= 4 is 11.9 Å². The molecule has 0 bridgehead atoms. The molecular weight excluding hydrogens is 699 g/mol. The van der Waals surface area contributed by atoms with E-state index in [1.165, 1.54) is 103 Å². The maximum atomic E-state index is 12.4. The van der Waals surface area contributed by atoms with Crippen LogP contribution in [0.5, 0.6) is 0 Å². The molecule has 0 unspecified atom stereocenters. The molecule has 1 rings (SSSR count). The van der Waals surface area contributed by atoms with Crippen LogP contribution in [-0.4, -0.2) is 69.2 Å². The molecule has 0 saturated carbocycles. The van der Waals surface area contributed by atoms with Crippen molar-refractivity contribution in [2.45, 2.75) is 251 Å². The lowest BCUT2D eigenvalue weighted by molar-refractivity contribution is -0.180. The second-order valence-electron chi connectivity index (χ2n) is 17.8. The number of esters is 2. The molecule has 1 aliphatic heterocycles. The first-order chi connectivity index (χ1) is 27.3. The molecule has 56 heavy (non-hydrogen) atoms. The number of hydrogen-bond acceptors (Lipinski definition) is 7. The first kappa shape index (κ1) is 52.8.